The molecule has 1 aromatic heterocycles. The van der Waals surface area contributed by atoms with Crippen LogP contribution in [0.4, 0.5) is 0 Å². The summed E-state index contributed by atoms with van der Waals surface area (Å²) in [6.07, 6.45) is 0.153. The van der Waals surface area contributed by atoms with Gasteiger partial charge in [0.25, 0.3) is 5.56 Å². The maximum absolute atomic E-state index is 11.7. The van der Waals surface area contributed by atoms with Gasteiger partial charge in [-0.2, -0.15) is 5.26 Å². The number of aromatic nitrogens is 1. The minimum Gasteiger partial charge on any atom is -0.371 e. The summed E-state index contributed by atoms with van der Waals surface area (Å²) in [5, 5.41) is 8.69. The number of pyridine rings is 1. The molecule has 1 aliphatic rings. The Labute approximate surface area is 81.3 Å². The van der Waals surface area contributed by atoms with E-state index in [1.54, 1.807) is 16.7 Å². The van der Waals surface area contributed by atoms with Crippen LogP contribution in [0.5, 0.6) is 0 Å². The fraction of sp³-hybridized carbons (Fsp3) is 0.400. The average Bonchev–Trinajstić information content (AvgIpc) is 2.96. The molecule has 14 heavy (non-hydrogen) atoms. The van der Waals surface area contributed by atoms with Crippen molar-refractivity contribution < 1.29 is 4.74 Å². The average molecular weight is 190 g/mol. The van der Waals surface area contributed by atoms with Crippen LogP contribution in [-0.2, 0) is 11.3 Å². The Hall–Kier alpha value is -1.60. The van der Waals surface area contributed by atoms with Crippen LogP contribution in [0, 0.1) is 18.3 Å². The van der Waals surface area contributed by atoms with Crippen molar-refractivity contribution >= 4 is 0 Å². The van der Waals surface area contributed by atoms with E-state index >= 15 is 0 Å². The van der Waals surface area contributed by atoms with Gasteiger partial charge in [0.15, 0.2) is 0 Å². The van der Waals surface area contributed by atoms with E-state index in [1.165, 1.54) is 0 Å². The number of hydrogen-bond acceptors (Lipinski definition) is 3. The molecule has 2 heterocycles. The van der Waals surface area contributed by atoms with E-state index in [9.17, 15) is 4.79 Å². The Bertz CT molecular complexity index is 452. The third-order valence-corrected chi connectivity index (χ3v) is 2.30. The van der Waals surface area contributed by atoms with Crippen LogP contribution < -0.4 is 5.56 Å². The van der Waals surface area contributed by atoms with Crippen LogP contribution >= 0.6 is 0 Å². The first-order valence-corrected chi connectivity index (χ1v) is 4.44. The highest BCUT2D eigenvalue weighted by atomic mass is 16.6. The quantitative estimate of drug-likeness (QED) is 0.635. The highest BCUT2D eigenvalue weighted by Crippen LogP contribution is 2.11. The second kappa shape index (κ2) is 3.28. The van der Waals surface area contributed by atoms with Gasteiger partial charge in [-0.1, -0.05) is 0 Å². The largest absolute Gasteiger partial charge is 0.371 e. The Morgan fingerprint density at radius 2 is 2.43 bits per heavy atom. The molecule has 0 radical (unpaired) electrons. The van der Waals surface area contributed by atoms with Crippen molar-refractivity contribution in [2.24, 2.45) is 0 Å². The van der Waals surface area contributed by atoms with Gasteiger partial charge >= 0.3 is 0 Å². The third-order valence-electron chi connectivity index (χ3n) is 2.30. The van der Waals surface area contributed by atoms with Gasteiger partial charge in [0, 0.05) is 5.69 Å². The van der Waals surface area contributed by atoms with Crippen LogP contribution in [-0.4, -0.2) is 17.3 Å². The van der Waals surface area contributed by atoms with Crippen LogP contribution in [0.15, 0.2) is 16.9 Å². The SMILES string of the molecule is Cc1ccc(C#N)c(=O)n1CC1CO1. The van der Waals surface area contributed by atoms with E-state index in [1.807, 2.05) is 13.0 Å². The second-order valence-electron chi connectivity index (χ2n) is 3.37. The van der Waals surface area contributed by atoms with E-state index in [2.05, 4.69) is 0 Å². The minimum absolute atomic E-state index is 0.153. The molecule has 0 amide bonds. The highest BCUT2D eigenvalue weighted by molar-refractivity contribution is 5.27. The molecule has 0 bridgehead atoms. The van der Waals surface area contributed by atoms with E-state index < -0.39 is 0 Å². The van der Waals surface area contributed by atoms with Crippen molar-refractivity contribution in [3.05, 3.63) is 33.7 Å². The minimum atomic E-state index is -0.219. The zero-order valence-electron chi connectivity index (χ0n) is 7.86. The molecule has 1 aromatic rings. The number of hydrogen-bond donors (Lipinski definition) is 0. The molecule has 0 saturated carbocycles. The molecule has 0 aromatic carbocycles. The fourth-order valence-corrected chi connectivity index (χ4v) is 1.36. The van der Waals surface area contributed by atoms with Crippen molar-refractivity contribution in [1.29, 1.82) is 5.26 Å². The van der Waals surface area contributed by atoms with Crippen LogP contribution in [0.2, 0.25) is 0 Å². The third kappa shape index (κ3) is 1.54. The van der Waals surface area contributed by atoms with Crippen molar-refractivity contribution in [1.82, 2.24) is 4.57 Å². The lowest BCUT2D eigenvalue weighted by Crippen LogP contribution is -2.26. The Morgan fingerprint density at radius 1 is 1.71 bits per heavy atom. The predicted octanol–water partition coefficient (Wildman–Crippen LogP) is 0.427. The summed E-state index contributed by atoms with van der Waals surface area (Å²) >= 11 is 0. The van der Waals surface area contributed by atoms with Crippen molar-refractivity contribution in [2.75, 3.05) is 6.61 Å². The van der Waals surface area contributed by atoms with Crippen molar-refractivity contribution in [3.63, 3.8) is 0 Å². The normalized spacial score (nSPS) is 19.0. The maximum Gasteiger partial charge on any atom is 0.268 e. The van der Waals surface area contributed by atoms with Crippen molar-refractivity contribution in [2.45, 2.75) is 19.6 Å². The van der Waals surface area contributed by atoms with Gasteiger partial charge in [-0.3, -0.25) is 4.79 Å². The lowest BCUT2D eigenvalue weighted by Gasteiger charge is -2.07. The first-order chi connectivity index (χ1) is 6.72. The van der Waals surface area contributed by atoms with Gasteiger partial charge in [-0.05, 0) is 19.1 Å². The smallest absolute Gasteiger partial charge is 0.268 e. The molecular formula is C10H10N2O2. The zero-order chi connectivity index (χ0) is 10.1. The number of epoxide rings is 1. The monoisotopic (exact) mass is 190 g/mol. The first-order valence-electron chi connectivity index (χ1n) is 4.44. The Balaban J connectivity index is 2.45. The fourth-order valence-electron chi connectivity index (χ4n) is 1.36. The van der Waals surface area contributed by atoms with Gasteiger partial charge in [0.2, 0.25) is 0 Å². The van der Waals surface area contributed by atoms with Crippen LogP contribution in [0.3, 0.4) is 0 Å². The predicted molar refractivity (Wildman–Crippen MR) is 49.9 cm³/mol. The van der Waals surface area contributed by atoms with Crippen molar-refractivity contribution in [3.8, 4) is 6.07 Å². The zero-order valence-corrected chi connectivity index (χ0v) is 7.86. The molecule has 0 aliphatic carbocycles. The molecule has 4 heteroatoms. The Kier molecular flexibility index (Phi) is 2.10. The molecule has 1 atom stereocenters. The standard InChI is InChI=1S/C10H10N2O2/c1-7-2-3-8(4-11)10(13)12(7)5-9-6-14-9/h2-3,9H,5-6H2,1H3. The van der Waals surface area contributed by atoms with Gasteiger partial charge < -0.3 is 9.30 Å². The number of nitriles is 1. The molecule has 2 rings (SSSR count). The number of ether oxygens (including phenoxy) is 1. The van der Waals surface area contributed by atoms with E-state index in [-0.39, 0.29) is 17.2 Å². The van der Waals surface area contributed by atoms with Gasteiger partial charge in [0.05, 0.1) is 19.3 Å². The van der Waals surface area contributed by atoms with Gasteiger partial charge in [0.1, 0.15) is 11.6 Å². The summed E-state index contributed by atoms with van der Waals surface area (Å²) in [6.45, 7) is 3.12. The summed E-state index contributed by atoms with van der Waals surface area (Å²) in [7, 11) is 0. The molecule has 0 N–H and O–H groups in total. The Morgan fingerprint density at radius 3 is 3.00 bits per heavy atom. The molecular weight excluding hydrogens is 180 g/mol. The van der Waals surface area contributed by atoms with E-state index in [4.69, 9.17) is 10.00 Å². The van der Waals surface area contributed by atoms with Crippen LogP contribution in [0.1, 0.15) is 11.3 Å². The topological polar surface area (TPSA) is 58.3 Å². The molecule has 4 nitrogen and oxygen atoms in total. The maximum atomic E-state index is 11.7. The number of aryl methyl sites for hydroxylation is 1. The second-order valence-corrected chi connectivity index (χ2v) is 3.37. The summed E-state index contributed by atoms with van der Waals surface area (Å²) in [5.41, 5.74) is 0.837. The van der Waals surface area contributed by atoms with Crippen LogP contribution in [0.25, 0.3) is 0 Å². The molecule has 72 valence electrons. The van der Waals surface area contributed by atoms with Gasteiger partial charge in [-0.15, -0.1) is 0 Å². The molecule has 0 spiro atoms. The van der Waals surface area contributed by atoms with E-state index in [0.717, 1.165) is 5.69 Å². The molecule has 1 aliphatic heterocycles. The van der Waals surface area contributed by atoms with Gasteiger partial charge in [-0.25, -0.2) is 0 Å². The first kappa shape index (κ1) is 8.97. The lowest BCUT2D eigenvalue weighted by molar-refractivity contribution is 0.378. The number of rotatable bonds is 2. The summed E-state index contributed by atoms with van der Waals surface area (Å²) in [5.74, 6) is 0. The highest BCUT2D eigenvalue weighted by Gasteiger charge is 2.24. The van der Waals surface area contributed by atoms with E-state index in [0.29, 0.717) is 13.2 Å². The molecule has 1 fully saturated rings. The lowest BCUT2D eigenvalue weighted by atomic mass is 10.2. The summed E-state index contributed by atoms with van der Waals surface area (Å²) in [6, 6.07) is 5.22. The summed E-state index contributed by atoms with van der Waals surface area (Å²) < 4.78 is 6.65. The summed E-state index contributed by atoms with van der Waals surface area (Å²) in [4.78, 5) is 11.7. The molecule has 1 saturated heterocycles. The molecule has 1 unspecified atom stereocenters. The number of nitrogens with zero attached hydrogens (tertiary/aromatic N) is 2.